The highest BCUT2D eigenvalue weighted by atomic mass is 16.1. The lowest BCUT2D eigenvalue weighted by atomic mass is 10.1. The molecule has 1 aromatic carbocycles. The number of aromatic nitrogens is 3. The van der Waals surface area contributed by atoms with Crippen LogP contribution in [0.5, 0.6) is 0 Å². The second-order valence-electron chi connectivity index (χ2n) is 6.58. The fraction of sp³-hybridized carbons (Fsp3) is 0.238. The Morgan fingerprint density at radius 3 is 2.36 bits per heavy atom. The molecule has 28 heavy (non-hydrogen) atoms. The Bertz CT molecular complexity index is 938. The van der Waals surface area contributed by atoms with Gasteiger partial charge in [0.05, 0.1) is 0 Å². The summed E-state index contributed by atoms with van der Waals surface area (Å²) in [5.41, 5.74) is 2.83. The minimum absolute atomic E-state index is 0.0787. The maximum Gasteiger partial charge on any atom is 0.251 e. The van der Waals surface area contributed by atoms with Crippen LogP contribution in [0.25, 0.3) is 0 Å². The quantitative estimate of drug-likeness (QED) is 0.548. The van der Waals surface area contributed by atoms with Gasteiger partial charge in [0, 0.05) is 30.9 Å². The molecule has 0 bridgehead atoms. The number of aryl methyl sites for hydroxylation is 3. The first kappa shape index (κ1) is 19.3. The van der Waals surface area contributed by atoms with Crippen molar-refractivity contribution in [1.82, 2.24) is 20.3 Å². The third-order valence-electron chi connectivity index (χ3n) is 3.96. The van der Waals surface area contributed by atoms with Crippen molar-refractivity contribution in [2.75, 3.05) is 23.7 Å². The molecule has 3 aromatic rings. The average Bonchev–Trinajstić information content (AvgIpc) is 2.64. The van der Waals surface area contributed by atoms with E-state index in [1.165, 1.54) is 0 Å². The van der Waals surface area contributed by atoms with E-state index >= 15 is 0 Å². The minimum atomic E-state index is -0.0787. The summed E-state index contributed by atoms with van der Waals surface area (Å²) in [6, 6.07) is 13.3. The van der Waals surface area contributed by atoms with Crippen LogP contribution < -0.4 is 16.0 Å². The first-order valence-corrected chi connectivity index (χ1v) is 9.14. The van der Waals surface area contributed by atoms with Gasteiger partial charge in [0.2, 0.25) is 0 Å². The highest BCUT2D eigenvalue weighted by Crippen LogP contribution is 2.15. The normalized spacial score (nSPS) is 10.4. The van der Waals surface area contributed by atoms with Crippen molar-refractivity contribution in [3.63, 3.8) is 0 Å². The molecule has 0 spiro atoms. The van der Waals surface area contributed by atoms with Crippen LogP contribution in [0.15, 0.2) is 48.7 Å². The lowest BCUT2D eigenvalue weighted by molar-refractivity contribution is 0.0955. The SMILES string of the molecule is Cc1cc(C)cc(C(=O)NCCNc2cc(Nc3ccccn3)nc(C)n2)c1. The predicted molar refractivity (Wildman–Crippen MR) is 111 cm³/mol. The molecule has 2 aromatic heterocycles. The summed E-state index contributed by atoms with van der Waals surface area (Å²) < 4.78 is 0. The smallest absolute Gasteiger partial charge is 0.251 e. The molecular formula is C21H24N6O. The molecule has 0 saturated carbocycles. The summed E-state index contributed by atoms with van der Waals surface area (Å²) in [5, 5.41) is 9.29. The predicted octanol–water partition coefficient (Wildman–Crippen LogP) is 3.38. The number of amides is 1. The Labute approximate surface area is 164 Å². The van der Waals surface area contributed by atoms with Crippen LogP contribution >= 0.6 is 0 Å². The number of carbonyl (C=O) groups is 1. The van der Waals surface area contributed by atoms with Crippen molar-refractivity contribution < 1.29 is 4.79 Å². The van der Waals surface area contributed by atoms with Crippen LogP contribution in [-0.4, -0.2) is 33.9 Å². The topological polar surface area (TPSA) is 91.8 Å². The molecule has 7 heteroatoms. The van der Waals surface area contributed by atoms with Gasteiger partial charge in [-0.2, -0.15) is 0 Å². The largest absolute Gasteiger partial charge is 0.368 e. The van der Waals surface area contributed by atoms with Gasteiger partial charge in [0.25, 0.3) is 5.91 Å². The zero-order valence-corrected chi connectivity index (χ0v) is 16.3. The van der Waals surface area contributed by atoms with Gasteiger partial charge in [0.15, 0.2) is 0 Å². The van der Waals surface area contributed by atoms with E-state index in [0.717, 1.165) is 11.1 Å². The van der Waals surface area contributed by atoms with Crippen LogP contribution in [0.2, 0.25) is 0 Å². The number of anilines is 3. The zero-order chi connectivity index (χ0) is 19.9. The maximum absolute atomic E-state index is 12.3. The van der Waals surface area contributed by atoms with Gasteiger partial charge in [-0.1, -0.05) is 23.3 Å². The van der Waals surface area contributed by atoms with Crippen LogP contribution in [-0.2, 0) is 0 Å². The van der Waals surface area contributed by atoms with E-state index < -0.39 is 0 Å². The molecule has 1 amide bonds. The first-order valence-electron chi connectivity index (χ1n) is 9.14. The molecule has 3 rings (SSSR count). The number of nitrogens with one attached hydrogen (secondary N) is 3. The molecule has 7 nitrogen and oxygen atoms in total. The van der Waals surface area contributed by atoms with Gasteiger partial charge in [-0.05, 0) is 45.0 Å². The Kier molecular flexibility index (Phi) is 6.16. The van der Waals surface area contributed by atoms with E-state index in [9.17, 15) is 4.79 Å². The monoisotopic (exact) mass is 376 g/mol. The van der Waals surface area contributed by atoms with E-state index in [0.29, 0.717) is 41.9 Å². The number of pyridine rings is 1. The van der Waals surface area contributed by atoms with E-state index in [1.807, 2.05) is 63.2 Å². The van der Waals surface area contributed by atoms with E-state index in [4.69, 9.17) is 0 Å². The highest BCUT2D eigenvalue weighted by Gasteiger charge is 2.07. The maximum atomic E-state index is 12.3. The van der Waals surface area contributed by atoms with Crippen LogP contribution in [0.3, 0.4) is 0 Å². The van der Waals surface area contributed by atoms with Gasteiger partial charge in [-0.3, -0.25) is 4.79 Å². The Morgan fingerprint density at radius 2 is 1.64 bits per heavy atom. The first-order chi connectivity index (χ1) is 13.5. The fourth-order valence-electron chi connectivity index (χ4n) is 2.86. The van der Waals surface area contributed by atoms with Crippen LogP contribution in [0.1, 0.15) is 27.3 Å². The molecule has 3 N–H and O–H groups in total. The molecule has 0 saturated heterocycles. The number of rotatable bonds is 7. The molecule has 0 aliphatic carbocycles. The molecule has 2 heterocycles. The van der Waals surface area contributed by atoms with Crippen molar-refractivity contribution in [2.24, 2.45) is 0 Å². The number of nitrogens with zero attached hydrogens (tertiary/aromatic N) is 3. The van der Waals surface area contributed by atoms with Crippen molar-refractivity contribution in [1.29, 1.82) is 0 Å². The number of hydrogen-bond donors (Lipinski definition) is 3. The van der Waals surface area contributed by atoms with E-state index in [1.54, 1.807) is 6.20 Å². The molecule has 0 unspecified atom stereocenters. The summed E-state index contributed by atoms with van der Waals surface area (Å²) >= 11 is 0. The third-order valence-corrected chi connectivity index (χ3v) is 3.96. The summed E-state index contributed by atoms with van der Waals surface area (Å²) in [7, 11) is 0. The van der Waals surface area contributed by atoms with Crippen LogP contribution in [0, 0.1) is 20.8 Å². The second-order valence-corrected chi connectivity index (χ2v) is 6.58. The molecule has 0 atom stereocenters. The molecule has 0 aliphatic heterocycles. The number of benzene rings is 1. The molecule has 0 fully saturated rings. The Morgan fingerprint density at radius 1 is 0.893 bits per heavy atom. The summed E-state index contributed by atoms with van der Waals surface area (Å²) in [6.45, 7) is 6.84. The van der Waals surface area contributed by atoms with Crippen molar-refractivity contribution >= 4 is 23.4 Å². The summed E-state index contributed by atoms with van der Waals surface area (Å²) in [6.07, 6.45) is 1.72. The molecular weight excluding hydrogens is 352 g/mol. The van der Waals surface area contributed by atoms with Gasteiger partial charge in [-0.15, -0.1) is 0 Å². The molecule has 144 valence electrons. The fourth-order valence-corrected chi connectivity index (χ4v) is 2.86. The van der Waals surface area contributed by atoms with Gasteiger partial charge in [-0.25, -0.2) is 15.0 Å². The third kappa shape index (κ3) is 5.51. The van der Waals surface area contributed by atoms with E-state index in [-0.39, 0.29) is 5.91 Å². The number of hydrogen-bond acceptors (Lipinski definition) is 6. The van der Waals surface area contributed by atoms with Gasteiger partial charge in [0.1, 0.15) is 23.3 Å². The van der Waals surface area contributed by atoms with E-state index in [2.05, 4.69) is 30.9 Å². The Balaban J connectivity index is 1.54. The standard InChI is InChI=1S/C21H24N6O/c1-14-10-15(2)12-17(11-14)21(28)24-9-8-23-19-13-20(26-16(3)25-19)27-18-6-4-5-7-22-18/h4-7,10-13H,8-9H2,1-3H3,(H,24,28)(H2,22,23,25,26,27). The van der Waals surface area contributed by atoms with Gasteiger partial charge < -0.3 is 16.0 Å². The Hall–Kier alpha value is -3.48. The van der Waals surface area contributed by atoms with Crippen molar-refractivity contribution in [2.45, 2.75) is 20.8 Å². The van der Waals surface area contributed by atoms with Crippen LogP contribution in [0.4, 0.5) is 17.5 Å². The molecule has 0 aliphatic rings. The lowest BCUT2D eigenvalue weighted by Crippen LogP contribution is -2.29. The zero-order valence-electron chi connectivity index (χ0n) is 16.3. The average molecular weight is 376 g/mol. The highest BCUT2D eigenvalue weighted by molar-refractivity contribution is 5.94. The summed E-state index contributed by atoms with van der Waals surface area (Å²) in [4.78, 5) is 25.3. The second kappa shape index (κ2) is 8.94. The van der Waals surface area contributed by atoms with Crippen molar-refractivity contribution in [3.8, 4) is 0 Å². The lowest BCUT2D eigenvalue weighted by Gasteiger charge is -2.11. The molecule has 0 radical (unpaired) electrons. The minimum Gasteiger partial charge on any atom is -0.368 e. The van der Waals surface area contributed by atoms with Gasteiger partial charge >= 0.3 is 0 Å². The van der Waals surface area contributed by atoms with Crippen molar-refractivity contribution in [3.05, 3.63) is 71.2 Å². The summed E-state index contributed by atoms with van der Waals surface area (Å²) in [5.74, 6) is 2.62. The number of carbonyl (C=O) groups excluding carboxylic acids is 1.